The van der Waals surface area contributed by atoms with Crippen molar-refractivity contribution in [1.29, 1.82) is 0 Å². The van der Waals surface area contributed by atoms with E-state index < -0.39 is 5.72 Å². The Hall–Kier alpha value is -0.640. The highest BCUT2D eigenvalue weighted by molar-refractivity contribution is 5.21. The molecule has 2 unspecified atom stereocenters. The van der Waals surface area contributed by atoms with E-state index in [4.69, 9.17) is 4.74 Å². The van der Waals surface area contributed by atoms with Gasteiger partial charge in [0.25, 0.3) is 0 Å². The molecule has 1 aliphatic heterocycles. The number of morpholine rings is 1. The Morgan fingerprint density at radius 3 is 2.80 bits per heavy atom. The van der Waals surface area contributed by atoms with Crippen LogP contribution < -0.4 is 0 Å². The molecule has 0 aromatic rings. The quantitative estimate of drug-likeness (QED) is 0.740. The van der Waals surface area contributed by atoms with Gasteiger partial charge in [0.05, 0.1) is 13.2 Å². The SMILES string of the molecule is CCC1C=CC=CC1(O)N1CCOCC1. The van der Waals surface area contributed by atoms with E-state index in [0.717, 1.165) is 32.7 Å². The van der Waals surface area contributed by atoms with Crippen LogP contribution in [0.2, 0.25) is 0 Å². The summed E-state index contributed by atoms with van der Waals surface area (Å²) in [6.45, 7) is 5.17. The molecule has 15 heavy (non-hydrogen) atoms. The molecule has 0 aromatic heterocycles. The number of hydrogen-bond acceptors (Lipinski definition) is 3. The number of nitrogens with zero attached hydrogens (tertiary/aromatic N) is 1. The molecule has 0 bridgehead atoms. The molecule has 1 saturated heterocycles. The van der Waals surface area contributed by atoms with Gasteiger partial charge in [-0.2, -0.15) is 0 Å². The molecule has 0 amide bonds. The van der Waals surface area contributed by atoms with E-state index in [-0.39, 0.29) is 5.92 Å². The van der Waals surface area contributed by atoms with Gasteiger partial charge in [0, 0.05) is 19.0 Å². The molecule has 0 spiro atoms. The van der Waals surface area contributed by atoms with Gasteiger partial charge in [0.15, 0.2) is 0 Å². The molecule has 1 N–H and O–H groups in total. The van der Waals surface area contributed by atoms with Gasteiger partial charge < -0.3 is 9.84 Å². The van der Waals surface area contributed by atoms with E-state index >= 15 is 0 Å². The summed E-state index contributed by atoms with van der Waals surface area (Å²) < 4.78 is 5.31. The van der Waals surface area contributed by atoms with Crippen LogP contribution in [-0.2, 0) is 4.74 Å². The number of hydrogen-bond donors (Lipinski definition) is 1. The summed E-state index contributed by atoms with van der Waals surface area (Å²) in [5.74, 6) is 0.195. The summed E-state index contributed by atoms with van der Waals surface area (Å²) >= 11 is 0. The second-order valence-electron chi connectivity index (χ2n) is 4.14. The summed E-state index contributed by atoms with van der Waals surface area (Å²) in [6, 6.07) is 0. The van der Waals surface area contributed by atoms with Crippen molar-refractivity contribution >= 4 is 0 Å². The van der Waals surface area contributed by atoms with Gasteiger partial charge in [-0.3, -0.25) is 4.90 Å². The monoisotopic (exact) mass is 209 g/mol. The third-order valence-electron chi connectivity index (χ3n) is 3.30. The molecule has 2 atom stereocenters. The number of rotatable bonds is 2. The minimum Gasteiger partial charge on any atom is -0.379 e. The normalized spacial score (nSPS) is 37.1. The summed E-state index contributed by atoms with van der Waals surface area (Å²) in [5, 5.41) is 10.7. The maximum Gasteiger partial charge on any atom is 0.144 e. The van der Waals surface area contributed by atoms with Crippen LogP contribution in [0.25, 0.3) is 0 Å². The Labute approximate surface area is 91.0 Å². The second-order valence-corrected chi connectivity index (χ2v) is 4.14. The molecule has 1 aliphatic carbocycles. The fourth-order valence-corrected chi connectivity index (χ4v) is 2.36. The van der Waals surface area contributed by atoms with Crippen molar-refractivity contribution in [2.24, 2.45) is 5.92 Å². The van der Waals surface area contributed by atoms with Crippen LogP contribution in [0.5, 0.6) is 0 Å². The molecule has 84 valence electrons. The minimum absolute atomic E-state index is 0.195. The Morgan fingerprint density at radius 2 is 2.13 bits per heavy atom. The summed E-state index contributed by atoms with van der Waals surface area (Å²) in [5.41, 5.74) is -0.798. The van der Waals surface area contributed by atoms with Gasteiger partial charge in [-0.15, -0.1) is 0 Å². The van der Waals surface area contributed by atoms with Gasteiger partial charge in [-0.05, 0) is 12.5 Å². The van der Waals surface area contributed by atoms with Crippen molar-refractivity contribution < 1.29 is 9.84 Å². The molecule has 0 radical (unpaired) electrons. The van der Waals surface area contributed by atoms with Crippen LogP contribution in [0.4, 0.5) is 0 Å². The maximum absolute atomic E-state index is 10.7. The van der Waals surface area contributed by atoms with Crippen molar-refractivity contribution in [3.63, 3.8) is 0 Å². The molecule has 3 nitrogen and oxygen atoms in total. The molecule has 3 heteroatoms. The van der Waals surface area contributed by atoms with E-state index in [2.05, 4.69) is 17.9 Å². The summed E-state index contributed by atoms with van der Waals surface area (Å²) in [7, 11) is 0. The number of ether oxygens (including phenoxy) is 1. The zero-order valence-corrected chi connectivity index (χ0v) is 9.22. The Morgan fingerprint density at radius 1 is 1.40 bits per heavy atom. The Balaban J connectivity index is 2.15. The Kier molecular flexibility index (Phi) is 3.24. The summed E-state index contributed by atoms with van der Waals surface area (Å²) in [6.07, 6.45) is 8.90. The largest absolute Gasteiger partial charge is 0.379 e. The first-order valence-corrected chi connectivity index (χ1v) is 5.68. The first-order chi connectivity index (χ1) is 7.27. The highest BCUT2D eigenvalue weighted by Gasteiger charge is 2.39. The first-order valence-electron chi connectivity index (χ1n) is 5.68. The lowest BCUT2D eigenvalue weighted by atomic mass is 9.87. The van der Waals surface area contributed by atoms with Crippen LogP contribution in [-0.4, -0.2) is 42.0 Å². The molecule has 2 aliphatic rings. The van der Waals surface area contributed by atoms with Crippen LogP contribution in [0.15, 0.2) is 24.3 Å². The smallest absolute Gasteiger partial charge is 0.144 e. The zero-order chi connectivity index (χ0) is 10.7. The molecule has 0 saturated carbocycles. The van der Waals surface area contributed by atoms with E-state index in [0.29, 0.717) is 0 Å². The van der Waals surface area contributed by atoms with Crippen LogP contribution >= 0.6 is 0 Å². The molecule has 1 heterocycles. The lowest BCUT2D eigenvalue weighted by Crippen LogP contribution is -2.56. The predicted octanol–water partition coefficient (Wildman–Crippen LogP) is 1.16. The Bertz CT molecular complexity index is 269. The molecular weight excluding hydrogens is 190 g/mol. The third kappa shape index (κ3) is 2.00. The van der Waals surface area contributed by atoms with Crippen LogP contribution in [0.1, 0.15) is 13.3 Å². The van der Waals surface area contributed by atoms with Crippen LogP contribution in [0, 0.1) is 5.92 Å². The van der Waals surface area contributed by atoms with Gasteiger partial charge in [-0.25, -0.2) is 0 Å². The van der Waals surface area contributed by atoms with Gasteiger partial charge in [-0.1, -0.05) is 25.2 Å². The summed E-state index contributed by atoms with van der Waals surface area (Å²) in [4.78, 5) is 2.12. The number of aliphatic hydroxyl groups is 1. The zero-order valence-electron chi connectivity index (χ0n) is 9.22. The lowest BCUT2D eigenvalue weighted by molar-refractivity contribution is -0.133. The lowest BCUT2D eigenvalue weighted by Gasteiger charge is -2.44. The van der Waals surface area contributed by atoms with Gasteiger partial charge in [0.2, 0.25) is 0 Å². The van der Waals surface area contributed by atoms with Crippen LogP contribution in [0.3, 0.4) is 0 Å². The molecule has 1 fully saturated rings. The highest BCUT2D eigenvalue weighted by Crippen LogP contribution is 2.31. The predicted molar refractivity (Wildman–Crippen MR) is 59.4 cm³/mol. The standard InChI is InChI=1S/C12H19NO2/c1-2-11-5-3-4-6-12(11,14)13-7-9-15-10-8-13/h3-6,11,14H,2,7-10H2,1H3. The van der Waals surface area contributed by atoms with E-state index in [1.54, 1.807) is 0 Å². The van der Waals surface area contributed by atoms with Gasteiger partial charge >= 0.3 is 0 Å². The van der Waals surface area contributed by atoms with Crippen molar-refractivity contribution in [3.05, 3.63) is 24.3 Å². The average Bonchev–Trinajstić information content (AvgIpc) is 2.31. The van der Waals surface area contributed by atoms with Crippen molar-refractivity contribution in [2.75, 3.05) is 26.3 Å². The second kappa shape index (κ2) is 4.47. The first kappa shape index (κ1) is 10.9. The van der Waals surface area contributed by atoms with Crippen molar-refractivity contribution in [1.82, 2.24) is 4.90 Å². The fraction of sp³-hybridized carbons (Fsp3) is 0.667. The van der Waals surface area contributed by atoms with Crippen molar-refractivity contribution in [3.8, 4) is 0 Å². The minimum atomic E-state index is -0.798. The topological polar surface area (TPSA) is 32.7 Å². The highest BCUT2D eigenvalue weighted by atomic mass is 16.5. The maximum atomic E-state index is 10.7. The third-order valence-corrected chi connectivity index (χ3v) is 3.30. The average molecular weight is 209 g/mol. The van der Waals surface area contributed by atoms with Crippen molar-refractivity contribution in [2.45, 2.75) is 19.1 Å². The fourth-order valence-electron chi connectivity index (χ4n) is 2.36. The molecular formula is C12H19NO2. The van der Waals surface area contributed by atoms with E-state index in [9.17, 15) is 5.11 Å². The van der Waals surface area contributed by atoms with E-state index in [1.807, 2.05) is 18.2 Å². The number of allylic oxidation sites excluding steroid dienone is 2. The van der Waals surface area contributed by atoms with E-state index in [1.165, 1.54) is 0 Å². The molecule has 2 rings (SSSR count). The van der Waals surface area contributed by atoms with Gasteiger partial charge in [0.1, 0.15) is 5.72 Å². The molecule has 0 aromatic carbocycles.